The number of Topliss-reactive ketones (excluding diaryl/α,β-unsaturated/α-hetero) is 1. The van der Waals surface area contributed by atoms with E-state index in [4.69, 9.17) is 5.11 Å². The number of aliphatic hydroxyl groups is 1. The Labute approximate surface area is 54.3 Å². The predicted molar refractivity (Wildman–Crippen MR) is 33.1 cm³/mol. The second-order valence-corrected chi connectivity index (χ2v) is 2.57. The van der Waals surface area contributed by atoms with E-state index >= 15 is 0 Å². The Morgan fingerprint density at radius 2 is 2.33 bits per heavy atom. The van der Waals surface area contributed by atoms with Crippen LogP contribution in [0.1, 0.15) is 6.92 Å². The summed E-state index contributed by atoms with van der Waals surface area (Å²) in [6.07, 6.45) is -0.755. The molecule has 1 fully saturated rings. The van der Waals surface area contributed by atoms with Crippen molar-refractivity contribution < 1.29 is 9.90 Å². The second kappa shape index (κ2) is 2.08. The van der Waals surface area contributed by atoms with Gasteiger partial charge in [0.1, 0.15) is 6.10 Å². The summed E-state index contributed by atoms with van der Waals surface area (Å²) in [7, 11) is 1.83. The Morgan fingerprint density at radius 1 is 1.78 bits per heavy atom. The minimum atomic E-state index is -0.755. The van der Waals surface area contributed by atoms with Gasteiger partial charge < -0.3 is 5.11 Å². The molecule has 1 rings (SSSR count). The Kier molecular flexibility index (Phi) is 1.55. The molecule has 52 valence electrons. The fourth-order valence-corrected chi connectivity index (χ4v) is 0.993. The van der Waals surface area contributed by atoms with Crippen molar-refractivity contribution in [1.82, 2.24) is 4.90 Å². The average Bonchev–Trinajstić information content (AvgIpc) is 1.98. The van der Waals surface area contributed by atoms with Crippen LogP contribution < -0.4 is 0 Å². The molecule has 0 saturated carbocycles. The van der Waals surface area contributed by atoms with Gasteiger partial charge in [-0.05, 0) is 14.0 Å². The number of likely N-dealkylation sites (N-methyl/N-ethyl adjacent to an activating group) is 1. The van der Waals surface area contributed by atoms with Crippen LogP contribution in [0, 0.1) is 0 Å². The van der Waals surface area contributed by atoms with E-state index < -0.39 is 6.10 Å². The zero-order valence-corrected chi connectivity index (χ0v) is 5.66. The quantitative estimate of drug-likeness (QED) is 0.468. The molecule has 1 aliphatic rings. The Hall–Kier alpha value is -0.410. The monoisotopic (exact) mass is 129 g/mol. The van der Waals surface area contributed by atoms with Gasteiger partial charge >= 0.3 is 0 Å². The van der Waals surface area contributed by atoms with Crippen molar-refractivity contribution in [3.05, 3.63) is 0 Å². The van der Waals surface area contributed by atoms with Crippen LogP contribution in [0.15, 0.2) is 0 Å². The van der Waals surface area contributed by atoms with E-state index in [9.17, 15) is 4.79 Å². The zero-order valence-electron chi connectivity index (χ0n) is 5.66. The van der Waals surface area contributed by atoms with Crippen LogP contribution in [-0.2, 0) is 4.79 Å². The number of rotatable bonds is 0. The molecule has 0 aromatic heterocycles. The highest BCUT2D eigenvalue weighted by Gasteiger charge is 2.33. The van der Waals surface area contributed by atoms with E-state index in [0.29, 0.717) is 6.54 Å². The van der Waals surface area contributed by atoms with E-state index in [1.165, 1.54) is 0 Å². The maximum atomic E-state index is 10.7. The third-order valence-corrected chi connectivity index (χ3v) is 1.89. The maximum Gasteiger partial charge on any atom is 0.176 e. The van der Waals surface area contributed by atoms with Gasteiger partial charge in [-0.2, -0.15) is 0 Å². The van der Waals surface area contributed by atoms with Gasteiger partial charge in [-0.25, -0.2) is 0 Å². The van der Waals surface area contributed by atoms with Crippen LogP contribution in [0.4, 0.5) is 0 Å². The Bertz CT molecular complexity index is 135. The van der Waals surface area contributed by atoms with Crippen LogP contribution in [0.25, 0.3) is 0 Å². The molecule has 1 saturated heterocycles. The lowest BCUT2D eigenvalue weighted by molar-refractivity contribution is -0.123. The van der Waals surface area contributed by atoms with Crippen molar-refractivity contribution in [3.63, 3.8) is 0 Å². The maximum absolute atomic E-state index is 10.7. The number of hydrogen-bond donors (Lipinski definition) is 1. The molecule has 2 unspecified atom stereocenters. The summed E-state index contributed by atoms with van der Waals surface area (Å²) in [5.41, 5.74) is 0. The summed E-state index contributed by atoms with van der Waals surface area (Å²) in [5, 5.41) is 9.05. The first-order valence-corrected chi connectivity index (χ1v) is 3.04. The molecule has 2 atom stereocenters. The highest BCUT2D eigenvalue weighted by Crippen LogP contribution is 2.10. The van der Waals surface area contributed by atoms with Crippen molar-refractivity contribution in [1.29, 1.82) is 0 Å². The topological polar surface area (TPSA) is 40.5 Å². The predicted octanol–water partition coefficient (Wildman–Crippen LogP) is -0.750. The van der Waals surface area contributed by atoms with Crippen molar-refractivity contribution in [2.24, 2.45) is 0 Å². The SMILES string of the molecule is CC1C(O)C(=O)CN1C. The molecule has 9 heavy (non-hydrogen) atoms. The van der Waals surface area contributed by atoms with Crippen molar-refractivity contribution in [2.75, 3.05) is 13.6 Å². The standard InChI is InChI=1S/C6H11NO2/c1-4-6(9)5(8)3-7(4)2/h4,6,9H,3H2,1-2H3. The number of carbonyl (C=O) groups is 1. The number of likely N-dealkylation sites (tertiary alicyclic amines) is 1. The molecule has 0 spiro atoms. The van der Waals surface area contributed by atoms with Gasteiger partial charge in [-0.15, -0.1) is 0 Å². The number of carbonyl (C=O) groups excluding carboxylic acids is 1. The minimum absolute atomic E-state index is 0.00231. The van der Waals surface area contributed by atoms with Gasteiger partial charge in [0.25, 0.3) is 0 Å². The van der Waals surface area contributed by atoms with Crippen LogP contribution in [0.2, 0.25) is 0 Å². The molecule has 0 radical (unpaired) electrons. The third-order valence-electron chi connectivity index (χ3n) is 1.89. The molecular weight excluding hydrogens is 118 g/mol. The lowest BCUT2D eigenvalue weighted by atomic mass is 10.2. The summed E-state index contributed by atoms with van der Waals surface area (Å²) in [4.78, 5) is 12.5. The summed E-state index contributed by atoms with van der Waals surface area (Å²) < 4.78 is 0. The number of nitrogens with zero attached hydrogens (tertiary/aromatic N) is 1. The van der Waals surface area contributed by atoms with Crippen LogP contribution in [-0.4, -0.2) is 41.5 Å². The van der Waals surface area contributed by atoms with Gasteiger partial charge in [0.15, 0.2) is 5.78 Å². The van der Waals surface area contributed by atoms with Crippen LogP contribution >= 0.6 is 0 Å². The van der Waals surface area contributed by atoms with E-state index in [0.717, 1.165) is 0 Å². The van der Waals surface area contributed by atoms with E-state index in [2.05, 4.69) is 0 Å². The number of ketones is 1. The van der Waals surface area contributed by atoms with E-state index in [1.807, 2.05) is 18.9 Å². The van der Waals surface area contributed by atoms with E-state index in [-0.39, 0.29) is 11.8 Å². The molecule has 1 aliphatic heterocycles. The summed E-state index contributed by atoms with van der Waals surface area (Å²) in [6.45, 7) is 2.23. The first-order valence-electron chi connectivity index (χ1n) is 3.04. The molecule has 1 N–H and O–H groups in total. The highest BCUT2D eigenvalue weighted by atomic mass is 16.3. The van der Waals surface area contributed by atoms with Gasteiger partial charge in [0.05, 0.1) is 6.54 Å². The molecule has 1 heterocycles. The Balaban J connectivity index is 2.65. The summed E-state index contributed by atoms with van der Waals surface area (Å²) in [5.74, 6) is -0.0648. The molecule has 3 heteroatoms. The van der Waals surface area contributed by atoms with Crippen LogP contribution in [0.3, 0.4) is 0 Å². The van der Waals surface area contributed by atoms with Gasteiger partial charge in [-0.1, -0.05) is 0 Å². The summed E-state index contributed by atoms with van der Waals surface area (Å²) in [6, 6.07) is -0.00231. The number of aliphatic hydroxyl groups excluding tert-OH is 1. The lowest BCUT2D eigenvalue weighted by Gasteiger charge is -2.13. The van der Waals surface area contributed by atoms with Gasteiger partial charge in [0.2, 0.25) is 0 Å². The highest BCUT2D eigenvalue weighted by molar-refractivity contribution is 5.87. The molecule has 0 aromatic carbocycles. The second-order valence-electron chi connectivity index (χ2n) is 2.57. The fraction of sp³-hybridized carbons (Fsp3) is 0.833. The fourth-order valence-electron chi connectivity index (χ4n) is 0.993. The molecular formula is C6H11NO2. The minimum Gasteiger partial charge on any atom is -0.384 e. The first-order chi connectivity index (χ1) is 4.13. The smallest absolute Gasteiger partial charge is 0.176 e. The molecule has 0 amide bonds. The average molecular weight is 129 g/mol. The van der Waals surface area contributed by atoms with Gasteiger partial charge in [0, 0.05) is 6.04 Å². The molecule has 3 nitrogen and oxygen atoms in total. The van der Waals surface area contributed by atoms with Crippen LogP contribution in [0.5, 0.6) is 0 Å². The molecule has 0 bridgehead atoms. The summed E-state index contributed by atoms with van der Waals surface area (Å²) >= 11 is 0. The van der Waals surface area contributed by atoms with Gasteiger partial charge in [-0.3, -0.25) is 9.69 Å². The van der Waals surface area contributed by atoms with Crippen molar-refractivity contribution in [2.45, 2.75) is 19.1 Å². The van der Waals surface area contributed by atoms with Crippen molar-refractivity contribution in [3.8, 4) is 0 Å². The number of hydrogen-bond acceptors (Lipinski definition) is 3. The third kappa shape index (κ3) is 0.976. The Morgan fingerprint density at radius 3 is 2.44 bits per heavy atom. The zero-order chi connectivity index (χ0) is 7.02. The normalized spacial score (nSPS) is 37.9. The first kappa shape index (κ1) is 6.71. The lowest BCUT2D eigenvalue weighted by Crippen LogP contribution is -2.29. The van der Waals surface area contributed by atoms with Crippen molar-refractivity contribution >= 4 is 5.78 Å². The largest absolute Gasteiger partial charge is 0.384 e. The molecule has 0 aromatic rings. The molecule has 0 aliphatic carbocycles. The van der Waals surface area contributed by atoms with E-state index in [1.54, 1.807) is 0 Å².